The Morgan fingerprint density at radius 2 is 1.75 bits per heavy atom. The molecule has 1 aromatic heterocycles. The number of hydrogen-bond donors (Lipinski definition) is 1. The number of pyridine rings is 1. The highest BCUT2D eigenvalue weighted by atomic mass is 16.5. The number of nitrogens with one attached hydrogen (secondary N) is 1. The van der Waals surface area contributed by atoms with Crippen LogP contribution < -0.4 is 19.5 Å². The fourth-order valence-corrected chi connectivity index (χ4v) is 1.68. The van der Waals surface area contributed by atoms with E-state index in [2.05, 4.69) is 5.32 Å². The van der Waals surface area contributed by atoms with Crippen LogP contribution in [-0.4, -0.2) is 20.1 Å². The largest absolute Gasteiger partial charge is 0.619 e. The summed E-state index contributed by atoms with van der Waals surface area (Å²) < 4.78 is 10.9. The average Bonchev–Trinajstić information content (AvgIpc) is 2.47. The molecule has 1 aromatic carbocycles. The molecule has 0 radical (unpaired) electrons. The maximum atomic E-state index is 12.0. The van der Waals surface area contributed by atoms with Gasteiger partial charge in [-0.2, -0.15) is 4.73 Å². The molecule has 1 heterocycles. The Kier molecular flexibility index (Phi) is 4.05. The van der Waals surface area contributed by atoms with Crippen molar-refractivity contribution in [1.82, 2.24) is 0 Å². The van der Waals surface area contributed by atoms with Crippen molar-refractivity contribution in [2.24, 2.45) is 0 Å². The Labute approximate surface area is 116 Å². The average molecular weight is 274 g/mol. The lowest BCUT2D eigenvalue weighted by Crippen LogP contribution is -2.25. The first-order valence-electron chi connectivity index (χ1n) is 5.86. The number of amides is 1. The molecule has 0 spiro atoms. The Morgan fingerprint density at radius 3 is 2.35 bits per heavy atom. The van der Waals surface area contributed by atoms with E-state index >= 15 is 0 Å². The van der Waals surface area contributed by atoms with E-state index in [1.807, 2.05) is 0 Å². The van der Waals surface area contributed by atoms with E-state index in [0.717, 1.165) is 0 Å². The molecule has 0 aliphatic carbocycles. The van der Waals surface area contributed by atoms with Gasteiger partial charge in [-0.1, -0.05) is 0 Å². The van der Waals surface area contributed by atoms with Crippen molar-refractivity contribution < 1.29 is 19.0 Å². The van der Waals surface area contributed by atoms with Crippen LogP contribution in [0.3, 0.4) is 0 Å². The lowest BCUT2D eigenvalue weighted by Gasteiger charge is -2.10. The first kappa shape index (κ1) is 13.7. The van der Waals surface area contributed by atoms with Gasteiger partial charge in [-0.15, -0.1) is 0 Å². The highest BCUT2D eigenvalue weighted by molar-refractivity contribution is 6.04. The number of rotatable bonds is 4. The van der Waals surface area contributed by atoms with Gasteiger partial charge in [0.15, 0.2) is 23.9 Å². The maximum absolute atomic E-state index is 12.0. The van der Waals surface area contributed by atoms with Gasteiger partial charge in [0.2, 0.25) is 0 Å². The maximum Gasteiger partial charge on any atom is 0.256 e. The summed E-state index contributed by atoms with van der Waals surface area (Å²) in [5.41, 5.74) is 0.971. The summed E-state index contributed by atoms with van der Waals surface area (Å²) in [4.78, 5) is 12.0. The van der Waals surface area contributed by atoms with Crippen LogP contribution in [0.4, 0.5) is 5.69 Å². The predicted octanol–water partition coefficient (Wildman–Crippen LogP) is 1.59. The molecule has 2 rings (SSSR count). The van der Waals surface area contributed by atoms with Crippen LogP contribution in [0.15, 0.2) is 42.7 Å². The van der Waals surface area contributed by atoms with E-state index in [1.165, 1.54) is 38.7 Å². The summed E-state index contributed by atoms with van der Waals surface area (Å²) in [7, 11) is 3.06. The Hall–Kier alpha value is -2.76. The summed E-state index contributed by atoms with van der Waals surface area (Å²) >= 11 is 0. The van der Waals surface area contributed by atoms with E-state index in [9.17, 15) is 10.0 Å². The molecule has 0 aliphatic heterocycles. The molecule has 104 valence electrons. The molecular formula is C14H14N2O4. The molecule has 0 atom stereocenters. The third-order valence-corrected chi connectivity index (χ3v) is 2.71. The zero-order chi connectivity index (χ0) is 14.5. The minimum absolute atomic E-state index is 0.308. The highest BCUT2D eigenvalue weighted by Crippen LogP contribution is 2.29. The Balaban J connectivity index is 2.17. The van der Waals surface area contributed by atoms with Gasteiger partial charge in [-0.25, -0.2) is 0 Å². The zero-order valence-corrected chi connectivity index (χ0v) is 11.1. The van der Waals surface area contributed by atoms with Crippen molar-refractivity contribution in [3.63, 3.8) is 0 Å². The summed E-state index contributed by atoms with van der Waals surface area (Å²) in [5.74, 6) is 0.797. The number of methoxy groups -OCH3 is 2. The van der Waals surface area contributed by atoms with Gasteiger partial charge in [0.05, 0.1) is 19.8 Å². The van der Waals surface area contributed by atoms with Crippen molar-refractivity contribution in [3.8, 4) is 11.5 Å². The standard InChI is InChI=1S/C14H14N2O4/c1-19-12-4-3-11(9-13(12)20-2)15-14(17)10-5-7-16(18)8-6-10/h3-9H,1-2H3,(H,15,17). The lowest BCUT2D eigenvalue weighted by atomic mass is 10.2. The normalized spacial score (nSPS) is 9.90. The third-order valence-electron chi connectivity index (χ3n) is 2.71. The molecule has 6 nitrogen and oxygen atoms in total. The summed E-state index contributed by atoms with van der Waals surface area (Å²) in [6.45, 7) is 0. The molecule has 1 N–H and O–H groups in total. The van der Waals surface area contributed by atoms with Crippen LogP contribution in [0, 0.1) is 5.21 Å². The van der Waals surface area contributed by atoms with Crippen molar-refractivity contribution >= 4 is 11.6 Å². The van der Waals surface area contributed by atoms with Crippen LogP contribution >= 0.6 is 0 Å². The van der Waals surface area contributed by atoms with Gasteiger partial charge in [-0.3, -0.25) is 4.79 Å². The van der Waals surface area contributed by atoms with E-state index < -0.39 is 0 Å². The second-order valence-corrected chi connectivity index (χ2v) is 3.97. The molecule has 0 saturated heterocycles. The number of hydrogen-bond acceptors (Lipinski definition) is 4. The van der Waals surface area contributed by atoms with Gasteiger partial charge < -0.3 is 20.0 Å². The predicted molar refractivity (Wildman–Crippen MR) is 72.9 cm³/mol. The third kappa shape index (κ3) is 2.97. The second-order valence-electron chi connectivity index (χ2n) is 3.97. The highest BCUT2D eigenvalue weighted by Gasteiger charge is 2.09. The first-order chi connectivity index (χ1) is 9.63. The van der Waals surface area contributed by atoms with Crippen molar-refractivity contribution in [1.29, 1.82) is 0 Å². The SMILES string of the molecule is COc1ccc(NC(=O)c2cc[n+]([O-])cc2)cc1OC. The fraction of sp³-hybridized carbons (Fsp3) is 0.143. The van der Waals surface area contributed by atoms with Crippen LogP contribution in [-0.2, 0) is 0 Å². The Morgan fingerprint density at radius 1 is 1.10 bits per heavy atom. The summed E-state index contributed by atoms with van der Waals surface area (Å²) in [6.07, 6.45) is 2.53. The van der Waals surface area contributed by atoms with Crippen LogP contribution in [0.25, 0.3) is 0 Å². The van der Waals surface area contributed by atoms with Gasteiger partial charge in [-0.05, 0) is 12.1 Å². The molecule has 0 aliphatic rings. The van der Waals surface area contributed by atoms with Crippen molar-refractivity contribution in [3.05, 3.63) is 53.5 Å². The quantitative estimate of drug-likeness (QED) is 0.678. The molecule has 20 heavy (non-hydrogen) atoms. The smallest absolute Gasteiger partial charge is 0.256 e. The molecule has 0 saturated carbocycles. The lowest BCUT2D eigenvalue weighted by molar-refractivity contribution is -0.605. The van der Waals surface area contributed by atoms with E-state index in [0.29, 0.717) is 27.5 Å². The molecule has 6 heteroatoms. The molecule has 0 bridgehead atoms. The monoisotopic (exact) mass is 274 g/mol. The zero-order valence-electron chi connectivity index (χ0n) is 11.1. The second kappa shape index (κ2) is 5.92. The van der Waals surface area contributed by atoms with E-state index in [1.54, 1.807) is 18.2 Å². The van der Waals surface area contributed by atoms with E-state index in [4.69, 9.17) is 9.47 Å². The fourth-order valence-electron chi connectivity index (χ4n) is 1.68. The van der Waals surface area contributed by atoms with Gasteiger partial charge in [0, 0.05) is 23.9 Å². The number of aromatic nitrogens is 1. The van der Waals surface area contributed by atoms with Crippen LogP contribution in [0.1, 0.15) is 10.4 Å². The number of nitrogens with zero attached hydrogens (tertiary/aromatic N) is 1. The number of anilines is 1. The van der Waals surface area contributed by atoms with Gasteiger partial charge >= 0.3 is 0 Å². The van der Waals surface area contributed by atoms with Crippen molar-refractivity contribution in [2.45, 2.75) is 0 Å². The number of carbonyl (C=O) groups is 1. The van der Waals surface area contributed by atoms with Crippen molar-refractivity contribution in [2.75, 3.05) is 19.5 Å². The van der Waals surface area contributed by atoms with Crippen LogP contribution in [0.5, 0.6) is 11.5 Å². The Bertz CT molecular complexity index is 611. The molecule has 0 unspecified atom stereocenters. The molecule has 2 aromatic rings. The van der Waals surface area contributed by atoms with Gasteiger partial charge in [0.25, 0.3) is 5.91 Å². The minimum Gasteiger partial charge on any atom is -0.619 e. The molecule has 1 amide bonds. The summed E-state index contributed by atoms with van der Waals surface area (Å²) in [6, 6.07) is 7.96. The number of ether oxygens (including phenoxy) is 2. The number of carbonyl (C=O) groups excluding carboxylic acids is 1. The molecule has 0 fully saturated rings. The first-order valence-corrected chi connectivity index (χ1v) is 5.86. The van der Waals surface area contributed by atoms with Crippen LogP contribution in [0.2, 0.25) is 0 Å². The minimum atomic E-state index is -0.308. The van der Waals surface area contributed by atoms with Gasteiger partial charge in [0.1, 0.15) is 0 Å². The molecular weight excluding hydrogens is 260 g/mol. The topological polar surface area (TPSA) is 74.5 Å². The summed E-state index contributed by atoms with van der Waals surface area (Å²) in [5, 5.41) is 13.6. The number of benzene rings is 1. The van der Waals surface area contributed by atoms with E-state index in [-0.39, 0.29) is 5.91 Å².